The number of rotatable bonds is 9. The van der Waals surface area contributed by atoms with Crippen LogP contribution in [0.2, 0.25) is 0 Å². The van der Waals surface area contributed by atoms with Crippen molar-refractivity contribution in [2.24, 2.45) is 0 Å². The third kappa shape index (κ3) is 5.25. The molecule has 24 heavy (non-hydrogen) atoms. The SMILES string of the molecule is CCCCN(C)c1ccc(C(=O)NC(C)(CCC)C(=O)OC)cc1. The van der Waals surface area contributed by atoms with E-state index in [0.29, 0.717) is 12.0 Å². The van der Waals surface area contributed by atoms with Gasteiger partial charge in [-0.25, -0.2) is 4.79 Å². The van der Waals surface area contributed by atoms with Crippen LogP contribution < -0.4 is 10.2 Å². The van der Waals surface area contributed by atoms with Gasteiger partial charge < -0.3 is 15.0 Å². The van der Waals surface area contributed by atoms with E-state index in [1.165, 1.54) is 7.11 Å². The Morgan fingerprint density at radius 3 is 2.29 bits per heavy atom. The lowest BCUT2D eigenvalue weighted by molar-refractivity contribution is -0.147. The van der Waals surface area contributed by atoms with Gasteiger partial charge in [-0.15, -0.1) is 0 Å². The minimum absolute atomic E-state index is 0.265. The average Bonchev–Trinajstić information content (AvgIpc) is 2.59. The summed E-state index contributed by atoms with van der Waals surface area (Å²) >= 11 is 0. The summed E-state index contributed by atoms with van der Waals surface area (Å²) in [6.07, 6.45) is 3.58. The molecule has 0 bridgehead atoms. The molecule has 5 heteroatoms. The second-order valence-corrected chi connectivity index (χ2v) is 6.35. The number of benzene rings is 1. The molecule has 0 spiro atoms. The molecule has 1 atom stereocenters. The minimum atomic E-state index is -1.00. The number of carbonyl (C=O) groups is 2. The zero-order valence-corrected chi connectivity index (χ0v) is 15.5. The summed E-state index contributed by atoms with van der Waals surface area (Å²) in [7, 11) is 3.38. The highest BCUT2D eigenvalue weighted by molar-refractivity contribution is 5.98. The van der Waals surface area contributed by atoms with Crippen molar-refractivity contribution in [3.05, 3.63) is 29.8 Å². The first-order valence-electron chi connectivity index (χ1n) is 8.60. The van der Waals surface area contributed by atoms with Crippen molar-refractivity contribution in [1.82, 2.24) is 5.32 Å². The van der Waals surface area contributed by atoms with Crippen molar-refractivity contribution in [1.29, 1.82) is 0 Å². The Morgan fingerprint density at radius 1 is 1.17 bits per heavy atom. The van der Waals surface area contributed by atoms with Gasteiger partial charge in [-0.2, -0.15) is 0 Å². The number of amides is 1. The molecule has 0 radical (unpaired) electrons. The van der Waals surface area contributed by atoms with Gasteiger partial charge in [0.1, 0.15) is 5.54 Å². The van der Waals surface area contributed by atoms with Crippen LogP contribution in [0.15, 0.2) is 24.3 Å². The van der Waals surface area contributed by atoms with E-state index in [1.54, 1.807) is 19.1 Å². The average molecular weight is 334 g/mol. The number of nitrogens with one attached hydrogen (secondary N) is 1. The first-order chi connectivity index (χ1) is 11.4. The molecule has 0 aliphatic rings. The zero-order valence-electron chi connectivity index (χ0n) is 15.5. The molecular formula is C19H30N2O3. The molecule has 0 saturated heterocycles. The zero-order chi connectivity index (χ0) is 18.2. The molecule has 1 rings (SSSR count). The topological polar surface area (TPSA) is 58.6 Å². The van der Waals surface area contributed by atoms with Gasteiger partial charge in [0.2, 0.25) is 0 Å². The second-order valence-electron chi connectivity index (χ2n) is 6.35. The Labute approximate surface area is 145 Å². The number of hydrogen-bond donors (Lipinski definition) is 1. The Hall–Kier alpha value is -2.04. The summed E-state index contributed by atoms with van der Waals surface area (Å²) in [5.74, 6) is -0.687. The Morgan fingerprint density at radius 2 is 1.79 bits per heavy atom. The van der Waals surface area contributed by atoms with Crippen LogP contribution in [-0.4, -0.2) is 38.1 Å². The largest absolute Gasteiger partial charge is 0.467 e. The molecule has 134 valence electrons. The monoisotopic (exact) mass is 334 g/mol. The van der Waals surface area contributed by atoms with Gasteiger partial charge in [0.25, 0.3) is 5.91 Å². The normalized spacial score (nSPS) is 13.0. The number of ether oxygens (including phenoxy) is 1. The van der Waals surface area contributed by atoms with Crippen molar-refractivity contribution in [2.45, 2.75) is 52.0 Å². The number of esters is 1. The van der Waals surface area contributed by atoms with Crippen LogP contribution in [-0.2, 0) is 9.53 Å². The molecule has 0 saturated carbocycles. The predicted octanol–water partition coefficient (Wildman–Crippen LogP) is 3.38. The quantitative estimate of drug-likeness (QED) is 0.703. The number of anilines is 1. The maximum absolute atomic E-state index is 12.5. The fourth-order valence-corrected chi connectivity index (χ4v) is 2.66. The predicted molar refractivity (Wildman–Crippen MR) is 97.4 cm³/mol. The molecule has 1 aromatic rings. The molecule has 0 aliphatic heterocycles. The van der Waals surface area contributed by atoms with E-state index in [2.05, 4.69) is 17.1 Å². The second kappa shape index (κ2) is 9.30. The van der Waals surface area contributed by atoms with E-state index >= 15 is 0 Å². The molecule has 5 nitrogen and oxygen atoms in total. The molecule has 1 amide bonds. The first kappa shape index (κ1) is 20.0. The fourth-order valence-electron chi connectivity index (χ4n) is 2.66. The van der Waals surface area contributed by atoms with Crippen molar-refractivity contribution < 1.29 is 14.3 Å². The van der Waals surface area contributed by atoms with Crippen molar-refractivity contribution in [3.8, 4) is 0 Å². The summed E-state index contributed by atoms with van der Waals surface area (Å²) in [5.41, 5.74) is 0.607. The van der Waals surface area contributed by atoms with Crippen LogP contribution in [0.25, 0.3) is 0 Å². The standard InChI is InChI=1S/C19H30N2O3/c1-6-8-14-21(4)16-11-9-15(10-12-16)17(22)20-19(3,13-7-2)18(23)24-5/h9-12H,6-8,13-14H2,1-5H3,(H,20,22). The highest BCUT2D eigenvalue weighted by atomic mass is 16.5. The lowest BCUT2D eigenvalue weighted by atomic mass is 9.95. The number of hydrogen-bond acceptors (Lipinski definition) is 4. The number of unbranched alkanes of at least 4 members (excludes halogenated alkanes) is 1. The van der Waals surface area contributed by atoms with Crippen LogP contribution in [0.3, 0.4) is 0 Å². The van der Waals surface area contributed by atoms with Crippen molar-refractivity contribution in [3.63, 3.8) is 0 Å². The Kier molecular flexibility index (Phi) is 7.75. The van der Waals surface area contributed by atoms with Gasteiger partial charge >= 0.3 is 5.97 Å². The molecule has 1 unspecified atom stereocenters. The van der Waals surface area contributed by atoms with Gasteiger partial charge in [0.05, 0.1) is 7.11 Å². The van der Waals surface area contributed by atoms with Crippen LogP contribution in [0, 0.1) is 0 Å². The molecule has 0 aliphatic carbocycles. The minimum Gasteiger partial charge on any atom is -0.467 e. The maximum atomic E-state index is 12.5. The highest BCUT2D eigenvalue weighted by Crippen LogP contribution is 2.18. The Balaban J connectivity index is 2.82. The number of nitrogens with zero attached hydrogens (tertiary/aromatic N) is 1. The van der Waals surface area contributed by atoms with Crippen molar-refractivity contribution >= 4 is 17.6 Å². The van der Waals surface area contributed by atoms with E-state index < -0.39 is 11.5 Å². The van der Waals surface area contributed by atoms with Crippen LogP contribution in [0.4, 0.5) is 5.69 Å². The first-order valence-corrected chi connectivity index (χ1v) is 8.60. The number of methoxy groups -OCH3 is 1. The third-order valence-corrected chi connectivity index (χ3v) is 4.19. The summed E-state index contributed by atoms with van der Waals surface area (Å²) in [5, 5.41) is 2.82. The molecule has 0 heterocycles. The van der Waals surface area contributed by atoms with Crippen molar-refractivity contribution in [2.75, 3.05) is 25.6 Å². The van der Waals surface area contributed by atoms with Gasteiger partial charge in [0.15, 0.2) is 0 Å². The van der Waals surface area contributed by atoms with Crippen LogP contribution >= 0.6 is 0 Å². The summed E-state index contributed by atoms with van der Waals surface area (Å²) < 4.78 is 4.83. The van der Waals surface area contributed by atoms with Crippen LogP contribution in [0.5, 0.6) is 0 Å². The van der Waals surface area contributed by atoms with Gasteiger partial charge in [-0.1, -0.05) is 26.7 Å². The maximum Gasteiger partial charge on any atom is 0.331 e. The van der Waals surface area contributed by atoms with Gasteiger partial charge in [-0.05, 0) is 44.0 Å². The summed E-state index contributed by atoms with van der Waals surface area (Å²) in [6.45, 7) is 6.82. The Bertz CT molecular complexity index is 542. The van der Waals surface area contributed by atoms with Crippen LogP contribution in [0.1, 0.15) is 56.8 Å². The highest BCUT2D eigenvalue weighted by Gasteiger charge is 2.35. The molecule has 1 aromatic carbocycles. The van der Waals surface area contributed by atoms with Gasteiger partial charge in [0, 0.05) is 24.8 Å². The lowest BCUT2D eigenvalue weighted by Gasteiger charge is -2.27. The van der Waals surface area contributed by atoms with E-state index in [4.69, 9.17) is 4.74 Å². The molecule has 1 N–H and O–H groups in total. The smallest absolute Gasteiger partial charge is 0.331 e. The fraction of sp³-hybridized carbons (Fsp3) is 0.579. The third-order valence-electron chi connectivity index (χ3n) is 4.19. The lowest BCUT2D eigenvalue weighted by Crippen LogP contribution is -2.52. The molecular weight excluding hydrogens is 304 g/mol. The van der Waals surface area contributed by atoms with E-state index in [9.17, 15) is 9.59 Å². The molecule has 0 fully saturated rings. The summed E-state index contributed by atoms with van der Waals surface area (Å²) in [4.78, 5) is 26.6. The van der Waals surface area contributed by atoms with E-state index in [0.717, 1.165) is 31.5 Å². The number of carbonyl (C=O) groups excluding carboxylic acids is 2. The van der Waals surface area contributed by atoms with E-state index in [-0.39, 0.29) is 5.91 Å². The van der Waals surface area contributed by atoms with E-state index in [1.807, 2.05) is 26.1 Å². The molecule has 0 aromatic heterocycles. The summed E-state index contributed by atoms with van der Waals surface area (Å²) in [6, 6.07) is 7.44. The van der Waals surface area contributed by atoms with Gasteiger partial charge in [-0.3, -0.25) is 4.79 Å².